The topological polar surface area (TPSA) is 76.2 Å². The minimum absolute atomic E-state index is 0.153. The molecule has 4 heteroatoms. The summed E-state index contributed by atoms with van der Waals surface area (Å²) in [6, 6.07) is 2.70. The van der Waals surface area contributed by atoms with Crippen molar-refractivity contribution in [3.63, 3.8) is 0 Å². The van der Waals surface area contributed by atoms with E-state index < -0.39 is 5.97 Å². The van der Waals surface area contributed by atoms with Crippen molar-refractivity contribution in [2.45, 2.75) is 6.04 Å². The Bertz CT molecular complexity index is 319. The molecule has 0 amide bonds. The maximum Gasteiger partial charge on any atom is 0.337 e. The number of carboxylic acid groups (broad SMARTS) is 1. The Balaban J connectivity index is 2.93. The molecule has 0 unspecified atom stereocenters. The standard InChI is InChI=1S/C9H10N2O2/c1-2-7(10)8-4-3-6(5-11-8)9(12)13/h2-5,7H,1,10H2,(H,12,13)/t7-/m0/s1. The van der Waals surface area contributed by atoms with Crippen LogP contribution in [-0.2, 0) is 0 Å². The van der Waals surface area contributed by atoms with Crippen molar-refractivity contribution in [1.82, 2.24) is 4.98 Å². The Kier molecular flexibility index (Phi) is 2.76. The summed E-state index contributed by atoms with van der Waals surface area (Å²) in [6.45, 7) is 3.51. The molecule has 0 aliphatic rings. The van der Waals surface area contributed by atoms with E-state index >= 15 is 0 Å². The molecular formula is C9H10N2O2. The van der Waals surface area contributed by atoms with Crippen LogP contribution in [0.4, 0.5) is 0 Å². The molecule has 0 fully saturated rings. The quantitative estimate of drug-likeness (QED) is 0.676. The first-order valence-electron chi connectivity index (χ1n) is 3.72. The van der Waals surface area contributed by atoms with Gasteiger partial charge in [0.25, 0.3) is 0 Å². The molecule has 0 bridgehead atoms. The average molecular weight is 178 g/mol. The Hall–Kier alpha value is -1.68. The SMILES string of the molecule is C=C[C@H](N)c1ccc(C(=O)O)cn1. The molecule has 1 aromatic heterocycles. The summed E-state index contributed by atoms with van der Waals surface area (Å²) in [5, 5.41) is 8.58. The number of carbonyl (C=O) groups is 1. The minimum atomic E-state index is -0.994. The summed E-state index contributed by atoms with van der Waals surface area (Å²) < 4.78 is 0. The summed E-state index contributed by atoms with van der Waals surface area (Å²) >= 11 is 0. The number of nitrogens with zero attached hydrogens (tertiary/aromatic N) is 1. The van der Waals surface area contributed by atoms with E-state index in [9.17, 15) is 4.79 Å². The molecule has 3 N–H and O–H groups in total. The van der Waals surface area contributed by atoms with Crippen LogP contribution in [0.3, 0.4) is 0 Å². The van der Waals surface area contributed by atoms with E-state index in [4.69, 9.17) is 10.8 Å². The van der Waals surface area contributed by atoms with Crippen LogP contribution in [0.2, 0.25) is 0 Å². The van der Waals surface area contributed by atoms with Gasteiger partial charge in [0.2, 0.25) is 0 Å². The van der Waals surface area contributed by atoms with Crippen LogP contribution in [0.5, 0.6) is 0 Å². The van der Waals surface area contributed by atoms with Gasteiger partial charge in [0.15, 0.2) is 0 Å². The van der Waals surface area contributed by atoms with Crippen LogP contribution in [0.25, 0.3) is 0 Å². The fourth-order valence-electron chi connectivity index (χ4n) is 0.850. The van der Waals surface area contributed by atoms with E-state index in [2.05, 4.69) is 11.6 Å². The normalized spacial score (nSPS) is 12.1. The number of aromatic nitrogens is 1. The van der Waals surface area contributed by atoms with Gasteiger partial charge in [-0.3, -0.25) is 4.98 Å². The van der Waals surface area contributed by atoms with Crippen molar-refractivity contribution in [2.24, 2.45) is 5.73 Å². The zero-order valence-electron chi connectivity index (χ0n) is 6.97. The van der Waals surface area contributed by atoms with Crippen LogP contribution in [-0.4, -0.2) is 16.1 Å². The van der Waals surface area contributed by atoms with E-state index in [0.717, 1.165) is 0 Å². The van der Waals surface area contributed by atoms with Gasteiger partial charge in [0.1, 0.15) is 0 Å². The van der Waals surface area contributed by atoms with E-state index in [-0.39, 0.29) is 11.6 Å². The lowest BCUT2D eigenvalue weighted by Gasteiger charge is -2.04. The summed E-state index contributed by atoms with van der Waals surface area (Å²) in [6.07, 6.45) is 2.82. The predicted octanol–water partition coefficient (Wildman–Crippen LogP) is 0.966. The first-order valence-corrected chi connectivity index (χ1v) is 3.72. The van der Waals surface area contributed by atoms with Crippen molar-refractivity contribution < 1.29 is 9.90 Å². The van der Waals surface area contributed by atoms with Crippen LogP contribution in [0.1, 0.15) is 22.1 Å². The molecule has 0 saturated carbocycles. The summed E-state index contributed by atoms with van der Waals surface area (Å²) in [4.78, 5) is 14.4. The maximum atomic E-state index is 10.5. The van der Waals surface area contributed by atoms with Crippen molar-refractivity contribution >= 4 is 5.97 Å². The van der Waals surface area contributed by atoms with Gasteiger partial charge in [-0.15, -0.1) is 6.58 Å². The van der Waals surface area contributed by atoms with E-state index in [1.807, 2.05) is 0 Å². The lowest BCUT2D eigenvalue weighted by molar-refractivity contribution is 0.0696. The van der Waals surface area contributed by atoms with E-state index in [0.29, 0.717) is 5.69 Å². The lowest BCUT2D eigenvalue weighted by Crippen LogP contribution is -2.09. The number of hydrogen-bond acceptors (Lipinski definition) is 3. The minimum Gasteiger partial charge on any atom is -0.478 e. The van der Waals surface area contributed by atoms with Crippen molar-refractivity contribution in [3.8, 4) is 0 Å². The highest BCUT2D eigenvalue weighted by Crippen LogP contribution is 2.08. The largest absolute Gasteiger partial charge is 0.478 e. The second kappa shape index (κ2) is 3.82. The fraction of sp³-hybridized carbons (Fsp3) is 0.111. The van der Waals surface area contributed by atoms with Gasteiger partial charge in [0, 0.05) is 6.20 Å². The van der Waals surface area contributed by atoms with Crippen LogP contribution in [0, 0.1) is 0 Å². The zero-order valence-corrected chi connectivity index (χ0v) is 6.97. The summed E-state index contributed by atoms with van der Waals surface area (Å²) in [5.74, 6) is -0.994. The molecule has 13 heavy (non-hydrogen) atoms. The average Bonchev–Trinajstić information content (AvgIpc) is 2.17. The molecule has 0 aliphatic carbocycles. The molecule has 1 heterocycles. The Morgan fingerprint density at radius 1 is 1.69 bits per heavy atom. The van der Waals surface area contributed by atoms with E-state index in [1.165, 1.54) is 12.3 Å². The third-order valence-corrected chi connectivity index (χ3v) is 1.63. The van der Waals surface area contributed by atoms with Gasteiger partial charge < -0.3 is 10.8 Å². The highest BCUT2D eigenvalue weighted by molar-refractivity contribution is 5.87. The van der Waals surface area contributed by atoms with Gasteiger partial charge >= 0.3 is 5.97 Å². The molecular weight excluding hydrogens is 168 g/mol. The van der Waals surface area contributed by atoms with Crippen molar-refractivity contribution in [1.29, 1.82) is 0 Å². The molecule has 1 rings (SSSR count). The van der Waals surface area contributed by atoms with Crippen LogP contribution < -0.4 is 5.73 Å². The monoisotopic (exact) mass is 178 g/mol. The second-order valence-electron chi connectivity index (χ2n) is 2.54. The van der Waals surface area contributed by atoms with Gasteiger partial charge in [-0.25, -0.2) is 4.79 Å². The Morgan fingerprint density at radius 3 is 2.77 bits per heavy atom. The van der Waals surface area contributed by atoms with Crippen molar-refractivity contribution in [2.75, 3.05) is 0 Å². The predicted molar refractivity (Wildman–Crippen MR) is 48.3 cm³/mol. The molecule has 1 aromatic rings. The molecule has 0 aromatic carbocycles. The fourth-order valence-corrected chi connectivity index (χ4v) is 0.850. The number of carboxylic acids is 1. The number of hydrogen-bond donors (Lipinski definition) is 2. The first kappa shape index (κ1) is 9.41. The molecule has 0 aliphatic heterocycles. The Labute approximate surface area is 75.7 Å². The van der Waals surface area contributed by atoms with Crippen LogP contribution in [0.15, 0.2) is 31.0 Å². The molecule has 0 saturated heterocycles. The first-order chi connectivity index (χ1) is 6.15. The van der Waals surface area contributed by atoms with Crippen LogP contribution >= 0.6 is 0 Å². The van der Waals surface area contributed by atoms with Gasteiger partial charge in [-0.1, -0.05) is 6.08 Å². The molecule has 0 spiro atoms. The number of nitrogens with two attached hydrogens (primary N) is 1. The third-order valence-electron chi connectivity index (χ3n) is 1.63. The summed E-state index contributed by atoms with van der Waals surface area (Å²) in [5.41, 5.74) is 6.36. The number of aromatic carboxylic acids is 1. The Morgan fingerprint density at radius 2 is 2.38 bits per heavy atom. The molecule has 68 valence electrons. The van der Waals surface area contributed by atoms with Gasteiger partial charge in [0.05, 0.1) is 17.3 Å². The molecule has 4 nitrogen and oxygen atoms in total. The van der Waals surface area contributed by atoms with Gasteiger partial charge in [-0.05, 0) is 12.1 Å². The summed E-state index contributed by atoms with van der Waals surface area (Å²) in [7, 11) is 0. The zero-order chi connectivity index (χ0) is 9.84. The molecule has 0 radical (unpaired) electrons. The van der Waals surface area contributed by atoms with Crippen molar-refractivity contribution in [3.05, 3.63) is 42.2 Å². The number of pyridine rings is 1. The molecule has 1 atom stereocenters. The van der Waals surface area contributed by atoms with E-state index in [1.54, 1.807) is 12.1 Å². The number of rotatable bonds is 3. The third kappa shape index (κ3) is 2.13. The lowest BCUT2D eigenvalue weighted by atomic mass is 10.2. The highest BCUT2D eigenvalue weighted by atomic mass is 16.4. The smallest absolute Gasteiger partial charge is 0.337 e. The second-order valence-corrected chi connectivity index (χ2v) is 2.54. The van der Waals surface area contributed by atoms with Gasteiger partial charge in [-0.2, -0.15) is 0 Å². The maximum absolute atomic E-state index is 10.5. The highest BCUT2D eigenvalue weighted by Gasteiger charge is 2.05.